The molecule has 0 aliphatic carbocycles. The van der Waals surface area contributed by atoms with Crippen molar-refractivity contribution < 1.29 is 163 Å². The van der Waals surface area contributed by atoms with Crippen molar-refractivity contribution in [2.24, 2.45) is 5.90 Å². The van der Waals surface area contributed by atoms with Crippen molar-refractivity contribution >= 4 is 7.82 Å². The molecule has 6 saturated heterocycles. The zero-order valence-electron chi connectivity index (χ0n) is 37.8. The highest BCUT2D eigenvalue weighted by atomic mass is 31.2. The van der Waals surface area contributed by atoms with Gasteiger partial charge in [-0.2, -0.15) is 0 Å². The summed E-state index contributed by atoms with van der Waals surface area (Å²) in [6.45, 7) is -3.05. The summed E-state index contributed by atoms with van der Waals surface area (Å²) in [5, 5.41) is 181. The Kier molecular flexibility index (Phi) is 21.4. The molecule has 0 aromatic carbocycles. The third-order valence-electron chi connectivity index (χ3n) is 13.0. The van der Waals surface area contributed by atoms with Gasteiger partial charge in [0.1, 0.15) is 140 Å². The minimum atomic E-state index is -5.18. The maximum Gasteiger partial charge on any atom is 0.469 e. The van der Waals surface area contributed by atoms with Crippen molar-refractivity contribution in [3.8, 4) is 0 Å². The summed E-state index contributed by atoms with van der Waals surface area (Å²) in [5.41, 5.74) is 0. The number of phosphoric ester groups is 1. The first kappa shape index (κ1) is 60.1. The molecule has 0 aromatic heterocycles. The molecule has 0 radical (unpaired) electrons. The van der Waals surface area contributed by atoms with Crippen molar-refractivity contribution in [3.63, 3.8) is 0 Å². The Morgan fingerprint density at radius 3 is 1.24 bits per heavy atom. The van der Waals surface area contributed by atoms with Crippen LogP contribution in [0.1, 0.15) is 13.3 Å². The highest BCUT2D eigenvalue weighted by molar-refractivity contribution is 7.46. The third kappa shape index (κ3) is 13.2. The number of rotatable bonds is 19. The van der Waals surface area contributed by atoms with Crippen LogP contribution in [0.5, 0.6) is 0 Å². The van der Waals surface area contributed by atoms with Crippen LogP contribution in [0.25, 0.3) is 0 Å². The average molecular weight is 1080 g/mol. The Labute approximate surface area is 406 Å². The molecule has 35 heteroatoms. The molecule has 6 fully saturated rings. The van der Waals surface area contributed by atoms with Gasteiger partial charge >= 0.3 is 7.82 Å². The molecule has 34 nitrogen and oxygen atoms in total. The summed E-state index contributed by atoms with van der Waals surface area (Å²) in [4.78, 5) is 22.9. The van der Waals surface area contributed by atoms with Gasteiger partial charge in [-0.05, 0) is 6.42 Å². The molecular formula is C37H66NO33P. The molecule has 30 atom stereocenters. The van der Waals surface area contributed by atoms with Crippen molar-refractivity contribution in [3.05, 3.63) is 0 Å². The lowest BCUT2D eigenvalue weighted by Gasteiger charge is -2.48. The zero-order chi connectivity index (χ0) is 53.3. The van der Waals surface area contributed by atoms with E-state index in [1.165, 1.54) is 0 Å². The molecule has 0 spiro atoms. The van der Waals surface area contributed by atoms with E-state index >= 15 is 0 Å². The summed E-state index contributed by atoms with van der Waals surface area (Å²) in [6.07, 6.45) is -56.6. The second kappa shape index (κ2) is 25.6. The summed E-state index contributed by atoms with van der Waals surface area (Å²) in [6, 6.07) is 0. The third-order valence-corrected chi connectivity index (χ3v) is 13.4. The van der Waals surface area contributed by atoms with Crippen molar-refractivity contribution in [1.82, 2.24) is 0 Å². The van der Waals surface area contributed by atoms with Crippen LogP contribution in [0.4, 0.5) is 0 Å². The van der Waals surface area contributed by atoms with Gasteiger partial charge in [0.15, 0.2) is 31.5 Å². The average Bonchev–Trinajstić information content (AvgIpc) is 3.35. The number of aliphatic hydroxyl groups is 17. The number of hydrogen-bond donors (Lipinski definition) is 20. The number of nitrogens with two attached hydrogens (primary N) is 1. The minimum Gasteiger partial charge on any atom is -0.394 e. The Morgan fingerprint density at radius 2 is 0.750 bits per heavy atom. The van der Waals surface area contributed by atoms with Gasteiger partial charge in [0.25, 0.3) is 0 Å². The van der Waals surface area contributed by atoms with Crippen LogP contribution in [-0.4, -0.2) is 314 Å². The molecule has 6 heterocycles. The highest BCUT2D eigenvalue weighted by Gasteiger charge is 2.56. The van der Waals surface area contributed by atoms with Gasteiger partial charge in [-0.15, -0.1) is 0 Å². The van der Waals surface area contributed by atoms with Crippen molar-refractivity contribution in [2.75, 3.05) is 33.0 Å². The molecule has 6 aliphatic heterocycles. The van der Waals surface area contributed by atoms with Gasteiger partial charge in [0, 0.05) is 0 Å². The van der Waals surface area contributed by atoms with E-state index in [1.807, 2.05) is 0 Å². The van der Waals surface area contributed by atoms with Gasteiger partial charge in [-0.3, -0.25) is 9.36 Å². The van der Waals surface area contributed by atoms with Crippen molar-refractivity contribution in [2.45, 2.75) is 198 Å². The Bertz CT molecular complexity index is 1710. The van der Waals surface area contributed by atoms with Crippen LogP contribution in [-0.2, 0) is 66.0 Å². The van der Waals surface area contributed by atoms with E-state index in [0.29, 0.717) is 0 Å². The van der Waals surface area contributed by atoms with Gasteiger partial charge in [-0.1, -0.05) is 6.92 Å². The second-order valence-electron chi connectivity index (χ2n) is 17.8. The first-order valence-electron chi connectivity index (χ1n) is 22.5. The molecule has 0 amide bonds. The fourth-order valence-electron chi connectivity index (χ4n) is 8.70. The standard InChI is InChI=1S/C37H66NO33P/c1-2-8-14(41)20(47)26(53)33(62-8)69-30-23(50)15(42)9(3-39)63-36(30)60-5-11-17(44)21(48)25(52)32(65-11)59-6-12-19(46)29(28(55)35(67-12)71-38)68-37-31(24(51)16(43)10(4-40)64-37)70-34-27(54)22(49)18(45)13(66-34)7-61-72(56,57)58/h8-37,39-55H,2-7,38H2,1H3,(H2,56,57,58)/t8?,9?,10?,11?,12?,13?,14-,15-,16-,17-,18-,19-,20+,21+,22+,23+,24+,25?,26?,27?,28?,29+,30?,31?,32+,33+,34-,35+,36+,37-/m1/s1. The number of hydrogen-bond acceptors (Lipinski definition) is 32. The summed E-state index contributed by atoms with van der Waals surface area (Å²) in [5.74, 6) is 5.35. The highest BCUT2D eigenvalue weighted by Crippen LogP contribution is 2.39. The predicted molar refractivity (Wildman–Crippen MR) is 216 cm³/mol. The molecule has 422 valence electrons. The molecule has 0 aromatic rings. The minimum absolute atomic E-state index is 0.132. The van der Waals surface area contributed by atoms with E-state index in [0.717, 1.165) is 0 Å². The number of ether oxygens (including phenoxy) is 11. The topological polar surface area (TPSA) is 547 Å². The van der Waals surface area contributed by atoms with Gasteiger partial charge in [-0.25, -0.2) is 10.5 Å². The molecule has 6 aliphatic rings. The lowest BCUT2D eigenvalue weighted by atomic mass is 9.96. The number of phosphoric acid groups is 1. The van der Waals surface area contributed by atoms with E-state index < -0.39 is 225 Å². The fraction of sp³-hybridized carbons (Fsp3) is 1.00. The maximum absolute atomic E-state index is 11.5. The van der Waals surface area contributed by atoms with Gasteiger partial charge < -0.3 is 149 Å². The molecule has 72 heavy (non-hydrogen) atoms. The predicted octanol–water partition coefficient (Wildman–Crippen LogP) is -12.7. The maximum atomic E-state index is 11.5. The van der Waals surface area contributed by atoms with E-state index in [4.69, 9.17) is 72.6 Å². The first-order chi connectivity index (χ1) is 33.9. The monoisotopic (exact) mass is 1080 g/mol. The lowest BCUT2D eigenvalue weighted by molar-refractivity contribution is -0.391. The van der Waals surface area contributed by atoms with Gasteiger partial charge in [0.05, 0.1) is 39.1 Å². The smallest absolute Gasteiger partial charge is 0.394 e. The van der Waals surface area contributed by atoms with Crippen LogP contribution < -0.4 is 5.90 Å². The molecule has 12 unspecified atom stereocenters. The molecule has 0 bridgehead atoms. The van der Waals surface area contributed by atoms with E-state index in [1.54, 1.807) is 6.92 Å². The lowest BCUT2D eigenvalue weighted by Crippen LogP contribution is -2.67. The normalized spacial score (nSPS) is 50.7. The zero-order valence-corrected chi connectivity index (χ0v) is 38.7. The molecular weight excluding hydrogens is 1020 g/mol. The van der Waals surface area contributed by atoms with E-state index in [-0.39, 0.29) is 6.42 Å². The van der Waals surface area contributed by atoms with Crippen LogP contribution in [0, 0.1) is 0 Å². The molecule has 6 rings (SSSR count). The van der Waals surface area contributed by atoms with Crippen LogP contribution in [0.3, 0.4) is 0 Å². The first-order valence-corrected chi connectivity index (χ1v) is 24.0. The fourth-order valence-corrected chi connectivity index (χ4v) is 9.04. The SMILES string of the molecule is CCC1O[C@@H](OC2[C@@H](OCC3O[C@H](OCC4O[C@@H](ON)C(O)[C@@H](O[C@H]5OC(CO)[C@@H](O)[C@H](O)C5O[C@H]5OC(COP(=O)(O)O)[C@@H](O)[C@H](O)C5O)[C@@H]4O)C(O)[C@@H](O)[C@@H]3O)OC(CO)[C@@H](O)[C@@H]2O)C(O)[C@@H](O)[C@@H]1O. The summed E-state index contributed by atoms with van der Waals surface area (Å²) in [7, 11) is -5.18. The van der Waals surface area contributed by atoms with E-state index in [2.05, 4.69) is 4.52 Å². The van der Waals surface area contributed by atoms with Crippen LogP contribution in [0.15, 0.2) is 0 Å². The summed E-state index contributed by atoms with van der Waals surface area (Å²) >= 11 is 0. The Morgan fingerprint density at radius 1 is 0.389 bits per heavy atom. The Hall–Kier alpha value is -1.09. The number of aliphatic hydroxyl groups excluding tert-OH is 17. The largest absolute Gasteiger partial charge is 0.469 e. The van der Waals surface area contributed by atoms with Crippen molar-refractivity contribution in [1.29, 1.82) is 0 Å². The quantitative estimate of drug-likeness (QED) is 0.0422. The van der Waals surface area contributed by atoms with Gasteiger partial charge in [0.2, 0.25) is 6.29 Å². The molecule has 0 saturated carbocycles. The van der Waals surface area contributed by atoms with Crippen LogP contribution in [0.2, 0.25) is 0 Å². The summed E-state index contributed by atoms with van der Waals surface area (Å²) < 4.78 is 77.5. The van der Waals surface area contributed by atoms with Crippen LogP contribution >= 0.6 is 7.82 Å². The Balaban J connectivity index is 1.14. The molecule has 21 N–H and O–H groups in total. The second-order valence-corrected chi connectivity index (χ2v) is 19.0. The van der Waals surface area contributed by atoms with E-state index in [9.17, 15) is 91.4 Å².